The number of fused-ring (bicyclic) bond motifs is 1. The van der Waals surface area contributed by atoms with Crippen LogP contribution in [0.3, 0.4) is 0 Å². The summed E-state index contributed by atoms with van der Waals surface area (Å²) in [5.41, 5.74) is 0.792. The Balaban J connectivity index is 0.00000192. The second-order valence-electron chi connectivity index (χ2n) is 5.72. The number of aryl methyl sites for hydroxylation is 1. The topological polar surface area (TPSA) is 78.3 Å². The minimum absolute atomic E-state index is 0. The molecule has 1 unspecified atom stereocenters. The fraction of sp³-hybridized carbons (Fsp3) is 0.467. The van der Waals surface area contributed by atoms with Crippen LogP contribution in [0.15, 0.2) is 21.8 Å². The summed E-state index contributed by atoms with van der Waals surface area (Å²) in [5.74, 6) is 0.549. The predicted molar refractivity (Wildman–Crippen MR) is 85.0 cm³/mol. The van der Waals surface area contributed by atoms with Crippen LogP contribution in [-0.2, 0) is 18.1 Å². The van der Waals surface area contributed by atoms with Gasteiger partial charge in [0.1, 0.15) is 0 Å². The Kier molecular flexibility index (Phi) is 6.02. The van der Waals surface area contributed by atoms with Crippen molar-refractivity contribution in [3.8, 4) is 0 Å². The summed E-state index contributed by atoms with van der Waals surface area (Å²) < 4.78 is 24.5. The van der Waals surface area contributed by atoms with Crippen LogP contribution in [0.4, 0.5) is 5.95 Å². The van der Waals surface area contributed by atoms with Crippen LogP contribution in [-0.4, -0.2) is 31.4 Å². The minimum atomic E-state index is -2.42. The molecule has 2 aromatic rings. The van der Waals surface area contributed by atoms with Crippen molar-refractivity contribution >= 4 is 27.9 Å². The molecule has 1 atom stereocenters. The molecule has 3 rings (SSSR count). The number of hydrogen-bond donors (Lipinski definition) is 0. The van der Waals surface area contributed by atoms with E-state index in [-0.39, 0.29) is 45.5 Å². The van der Waals surface area contributed by atoms with Crippen LogP contribution in [0.1, 0.15) is 24.8 Å². The van der Waals surface area contributed by atoms with Gasteiger partial charge in [-0.15, -0.1) is 0 Å². The Labute approximate surface area is 159 Å². The number of rotatable bonds is 2. The second-order valence-corrected chi connectivity index (χ2v) is 6.63. The first kappa shape index (κ1) is 18.6. The monoisotopic (exact) mass is 343 g/mol. The Morgan fingerprint density at radius 2 is 1.87 bits per heavy atom. The molecule has 0 saturated carbocycles. The third-order valence-corrected chi connectivity index (χ3v) is 4.75. The zero-order valence-corrected chi connectivity index (χ0v) is 16.5. The number of benzene rings is 1. The molecule has 23 heavy (non-hydrogen) atoms. The number of aromatic nitrogens is 2. The Bertz CT molecular complexity index is 816. The van der Waals surface area contributed by atoms with Crippen LogP contribution in [0.2, 0.25) is 0 Å². The summed E-state index contributed by atoms with van der Waals surface area (Å²) in [4.78, 5) is 19.3. The van der Waals surface area contributed by atoms with Crippen LogP contribution in [0, 0.1) is 6.92 Å². The van der Waals surface area contributed by atoms with E-state index in [2.05, 4.69) is 9.88 Å². The molecule has 1 fully saturated rings. The number of anilines is 1. The predicted octanol–water partition coefficient (Wildman–Crippen LogP) is -1.53. The van der Waals surface area contributed by atoms with Crippen LogP contribution < -0.4 is 40.0 Å². The summed E-state index contributed by atoms with van der Waals surface area (Å²) in [7, 11) is 1.69. The third-order valence-electron chi connectivity index (χ3n) is 4.08. The van der Waals surface area contributed by atoms with Gasteiger partial charge in [-0.1, -0.05) is 0 Å². The Morgan fingerprint density at radius 3 is 2.48 bits per heavy atom. The van der Waals surface area contributed by atoms with E-state index in [0.29, 0.717) is 11.3 Å². The van der Waals surface area contributed by atoms with Crippen LogP contribution in [0.25, 0.3) is 10.9 Å². The third kappa shape index (κ3) is 3.53. The quantitative estimate of drug-likeness (QED) is 0.489. The zero-order chi connectivity index (χ0) is 15.9. The second kappa shape index (κ2) is 7.44. The normalized spacial score (nSPS) is 16.2. The molecule has 2 heterocycles. The number of hydrogen-bond acceptors (Lipinski definition) is 5. The molecule has 0 radical (unpaired) electrons. The average molecular weight is 343 g/mol. The van der Waals surface area contributed by atoms with Gasteiger partial charge in [-0.05, 0) is 55.0 Å². The summed E-state index contributed by atoms with van der Waals surface area (Å²) in [6, 6.07) is 3.25. The number of piperidine rings is 1. The first-order valence-corrected chi connectivity index (χ1v) is 8.42. The van der Waals surface area contributed by atoms with Crippen molar-refractivity contribution in [2.75, 3.05) is 18.0 Å². The van der Waals surface area contributed by atoms with Gasteiger partial charge in [0, 0.05) is 20.1 Å². The van der Waals surface area contributed by atoms with Gasteiger partial charge in [-0.3, -0.25) is 13.6 Å². The summed E-state index contributed by atoms with van der Waals surface area (Å²) in [5, 5.41) is 0.349. The molecule has 1 aromatic carbocycles. The van der Waals surface area contributed by atoms with Crippen molar-refractivity contribution in [3.05, 3.63) is 28.0 Å². The van der Waals surface area contributed by atoms with Gasteiger partial charge in [0.15, 0.2) is 0 Å². The summed E-state index contributed by atoms with van der Waals surface area (Å²) >= 11 is -2.42. The molecule has 1 aliphatic heterocycles. The van der Waals surface area contributed by atoms with Gasteiger partial charge in [0.25, 0.3) is 5.56 Å². The summed E-state index contributed by atoms with van der Waals surface area (Å²) in [6.07, 6.45) is 3.29. The van der Waals surface area contributed by atoms with Crippen LogP contribution in [0.5, 0.6) is 0 Å². The molecule has 118 valence electrons. The zero-order valence-electron chi connectivity index (χ0n) is 13.7. The average Bonchev–Trinajstić information content (AvgIpc) is 2.51. The van der Waals surface area contributed by atoms with E-state index in [9.17, 15) is 13.6 Å². The molecule has 1 aliphatic rings. The molecular weight excluding hydrogens is 325 g/mol. The molecule has 0 amide bonds. The van der Waals surface area contributed by atoms with Gasteiger partial charge in [0.05, 0.1) is 15.8 Å². The largest absolute Gasteiger partial charge is 1.00 e. The van der Waals surface area contributed by atoms with E-state index in [1.807, 2.05) is 0 Å². The molecule has 0 aliphatic carbocycles. The summed E-state index contributed by atoms with van der Waals surface area (Å²) in [6.45, 7) is 3.45. The molecule has 1 aromatic heterocycles. The maximum absolute atomic E-state index is 12.6. The van der Waals surface area contributed by atoms with Crippen molar-refractivity contribution in [2.24, 2.45) is 7.05 Å². The molecule has 8 heteroatoms. The van der Waals surface area contributed by atoms with Gasteiger partial charge in [0.2, 0.25) is 5.95 Å². The van der Waals surface area contributed by atoms with E-state index in [4.69, 9.17) is 0 Å². The SMILES string of the molecule is Cc1cc(S(=O)[O-])c2nc(N3CCCCC3)n(C)c(=O)c2c1.[Na+]. The van der Waals surface area contributed by atoms with Crippen LogP contribution >= 0.6 is 0 Å². The van der Waals surface area contributed by atoms with E-state index < -0.39 is 11.1 Å². The first-order valence-electron chi connectivity index (χ1n) is 7.34. The van der Waals surface area contributed by atoms with Gasteiger partial charge in [-0.25, -0.2) is 4.98 Å². The van der Waals surface area contributed by atoms with Gasteiger partial charge in [-0.2, -0.15) is 0 Å². The van der Waals surface area contributed by atoms with Crippen molar-refractivity contribution in [2.45, 2.75) is 31.1 Å². The Hall–Kier alpha value is -0.730. The standard InChI is InChI=1S/C15H19N3O3S.Na/c1-10-8-11-13(12(9-10)22(20)21)16-15(17(2)14(11)19)18-6-4-3-5-7-18;/h8-9H,3-7H2,1-2H3,(H,20,21);/q;+1/p-1. The van der Waals surface area contributed by atoms with Crippen molar-refractivity contribution < 1.29 is 38.3 Å². The Morgan fingerprint density at radius 1 is 1.22 bits per heavy atom. The molecule has 1 saturated heterocycles. The molecule has 0 N–H and O–H groups in total. The fourth-order valence-corrected chi connectivity index (χ4v) is 3.57. The van der Waals surface area contributed by atoms with E-state index in [0.717, 1.165) is 31.5 Å². The minimum Gasteiger partial charge on any atom is -0.768 e. The first-order chi connectivity index (χ1) is 10.5. The van der Waals surface area contributed by atoms with Crippen molar-refractivity contribution in [1.82, 2.24) is 9.55 Å². The van der Waals surface area contributed by atoms with Gasteiger partial charge < -0.3 is 9.45 Å². The number of nitrogens with zero attached hydrogens (tertiary/aromatic N) is 3. The molecular formula is C15H18N3NaO3S. The van der Waals surface area contributed by atoms with E-state index in [1.165, 1.54) is 11.0 Å². The molecule has 0 bridgehead atoms. The maximum Gasteiger partial charge on any atom is 1.00 e. The maximum atomic E-state index is 12.6. The molecule has 6 nitrogen and oxygen atoms in total. The van der Waals surface area contributed by atoms with E-state index >= 15 is 0 Å². The molecule has 0 spiro atoms. The smallest absolute Gasteiger partial charge is 0.768 e. The van der Waals surface area contributed by atoms with Crippen molar-refractivity contribution in [3.63, 3.8) is 0 Å². The van der Waals surface area contributed by atoms with Gasteiger partial charge >= 0.3 is 29.6 Å². The van der Waals surface area contributed by atoms with E-state index in [1.54, 1.807) is 26.1 Å². The van der Waals surface area contributed by atoms with Crippen molar-refractivity contribution in [1.29, 1.82) is 0 Å². The fourth-order valence-electron chi connectivity index (χ4n) is 2.97.